The average molecular weight is 309 g/mol. The number of amides is 1. The Hall–Kier alpha value is -1.44. The van der Waals surface area contributed by atoms with E-state index < -0.39 is 0 Å². The van der Waals surface area contributed by atoms with E-state index in [4.69, 9.17) is 9.26 Å². The lowest BCUT2D eigenvalue weighted by Crippen LogP contribution is -2.40. The molecular weight excluding hydrogens is 286 g/mol. The van der Waals surface area contributed by atoms with Crippen molar-refractivity contribution in [1.29, 1.82) is 0 Å². The maximum Gasteiger partial charge on any atom is 0.246 e. The Labute approximate surface area is 129 Å². The number of aryl methyl sites for hydroxylation is 1. The maximum absolute atomic E-state index is 11.7. The lowest BCUT2D eigenvalue weighted by molar-refractivity contribution is -0.125. The zero-order valence-corrected chi connectivity index (χ0v) is 12.9. The Morgan fingerprint density at radius 2 is 2.41 bits per heavy atom. The Morgan fingerprint density at radius 3 is 3.14 bits per heavy atom. The minimum Gasteiger partial charge on any atom is -0.392 e. The van der Waals surface area contributed by atoms with E-state index in [0.29, 0.717) is 13.1 Å². The fourth-order valence-electron chi connectivity index (χ4n) is 3.28. The summed E-state index contributed by atoms with van der Waals surface area (Å²) in [4.78, 5) is 13.8. The van der Waals surface area contributed by atoms with E-state index in [9.17, 15) is 9.90 Å². The van der Waals surface area contributed by atoms with Gasteiger partial charge in [-0.3, -0.25) is 9.69 Å². The number of hydrogen-bond acceptors (Lipinski definition) is 6. The fourth-order valence-corrected chi connectivity index (χ4v) is 3.28. The maximum atomic E-state index is 11.7. The number of β-amino-alcohol motifs (C(OH)–C–C–N with tert-alkyl or cyclic N) is 1. The van der Waals surface area contributed by atoms with Crippen LogP contribution in [0.25, 0.3) is 0 Å². The summed E-state index contributed by atoms with van der Waals surface area (Å²) in [5, 5.41) is 16.8. The van der Waals surface area contributed by atoms with Crippen LogP contribution >= 0.6 is 0 Å². The molecule has 2 atom stereocenters. The number of carbonyl (C=O) groups is 1. The summed E-state index contributed by atoms with van der Waals surface area (Å²) < 4.78 is 10.3. The average Bonchev–Trinajstić information content (AvgIpc) is 3.06. The molecule has 122 valence electrons. The van der Waals surface area contributed by atoms with Gasteiger partial charge in [-0.2, -0.15) is 0 Å². The van der Waals surface area contributed by atoms with Crippen LogP contribution in [0.4, 0.5) is 0 Å². The van der Waals surface area contributed by atoms with Crippen molar-refractivity contribution < 1.29 is 19.2 Å². The molecule has 0 aromatic carbocycles. The van der Waals surface area contributed by atoms with Crippen molar-refractivity contribution in [2.75, 3.05) is 26.8 Å². The topological polar surface area (TPSA) is 87.8 Å². The monoisotopic (exact) mass is 309 g/mol. The molecule has 22 heavy (non-hydrogen) atoms. The molecule has 0 saturated carbocycles. The van der Waals surface area contributed by atoms with Crippen molar-refractivity contribution in [3.63, 3.8) is 0 Å². The largest absolute Gasteiger partial charge is 0.392 e. The first-order valence-corrected chi connectivity index (χ1v) is 7.80. The second-order valence-electron chi connectivity index (χ2n) is 6.15. The summed E-state index contributed by atoms with van der Waals surface area (Å²) in [6.45, 7) is 2.37. The van der Waals surface area contributed by atoms with Crippen molar-refractivity contribution >= 4 is 5.91 Å². The number of aliphatic hydroxyl groups is 1. The molecule has 2 N–H and O–H groups in total. The summed E-state index contributed by atoms with van der Waals surface area (Å²) >= 11 is 0. The Balaban J connectivity index is 1.62. The number of rotatable bonds is 5. The van der Waals surface area contributed by atoms with Gasteiger partial charge in [0.05, 0.1) is 6.10 Å². The van der Waals surface area contributed by atoms with Crippen LogP contribution in [0.15, 0.2) is 4.52 Å². The molecule has 7 heteroatoms. The number of ether oxygens (including phenoxy) is 1. The normalized spacial score (nSPS) is 25.2. The molecule has 1 unspecified atom stereocenters. The number of nitrogens with zero attached hydrogens (tertiary/aromatic N) is 2. The minimum atomic E-state index is -0.233. The fraction of sp³-hybridized carbons (Fsp3) is 0.733. The van der Waals surface area contributed by atoms with E-state index in [2.05, 4.69) is 15.4 Å². The van der Waals surface area contributed by atoms with Gasteiger partial charge in [-0.25, -0.2) is 0 Å². The van der Waals surface area contributed by atoms with Gasteiger partial charge in [0, 0.05) is 44.8 Å². The summed E-state index contributed by atoms with van der Waals surface area (Å²) in [5.41, 5.74) is 2.06. The van der Waals surface area contributed by atoms with Crippen LogP contribution in [0.5, 0.6) is 0 Å². The Kier molecular flexibility index (Phi) is 4.75. The molecule has 0 spiro atoms. The molecule has 0 radical (unpaired) electrons. The minimum absolute atomic E-state index is 0.0865. The molecule has 1 aliphatic heterocycles. The van der Waals surface area contributed by atoms with Crippen molar-refractivity contribution in [3.8, 4) is 0 Å². The summed E-state index contributed by atoms with van der Waals surface area (Å²) in [5.74, 6) is 0.851. The molecule has 2 aliphatic rings. The molecule has 1 fully saturated rings. The van der Waals surface area contributed by atoms with Crippen LogP contribution in [0.1, 0.15) is 29.9 Å². The molecular formula is C15H23N3O4. The van der Waals surface area contributed by atoms with E-state index in [1.165, 1.54) is 7.11 Å². The number of nitrogens with one attached hydrogen (secondary N) is 1. The smallest absolute Gasteiger partial charge is 0.246 e. The Morgan fingerprint density at radius 1 is 1.55 bits per heavy atom. The van der Waals surface area contributed by atoms with Crippen LogP contribution in [-0.2, 0) is 28.9 Å². The number of hydrogen-bond donors (Lipinski definition) is 2. The summed E-state index contributed by atoms with van der Waals surface area (Å²) in [7, 11) is 1.52. The first-order chi connectivity index (χ1) is 10.7. The molecule has 3 rings (SSSR count). The standard InChI is InChI=1S/C15H23N3O4/c1-21-9-15(20)16-10-2-3-14-12(6-10)13(17-22-14)8-18-5-4-11(19)7-18/h10-11,19H,2-9H2,1H3,(H,16,20)/t10?,11-/m1/s1. The van der Waals surface area contributed by atoms with Crippen LogP contribution in [0.3, 0.4) is 0 Å². The highest BCUT2D eigenvalue weighted by atomic mass is 16.5. The number of likely N-dealkylation sites (tertiary alicyclic amines) is 1. The zero-order chi connectivity index (χ0) is 15.5. The third kappa shape index (κ3) is 3.48. The highest BCUT2D eigenvalue weighted by molar-refractivity contribution is 5.77. The van der Waals surface area contributed by atoms with Gasteiger partial charge in [0.2, 0.25) is 5.91 Å². The number of methoxy groups -OCH3 is 1. The number of carbonyl (C=O) groups excluding carboxylic acids is 1. The molecule has 1 saturated heterocycles. The van der Waals surface area contributed by atoms with Crippen molar-refractivity contribution in [3.05, 3.63) is 17.0 Å². The SMILES string of the molecule is COCC(=O)NC1CCc2onc(CN3CC[C@@H](O)C3)c2C1. The number of aliphatic hydroxyl groups excluding tert-OH is 1. The zero-order valence-electron chi connectivity index (χ0n) is 12.9. The molecule has 0 bridgehead atoms. The van der Waals surface area contributed by atoms with Gasteiger partial charge in [-0.15, -0.1) is 0 Å². The van der Waals surface area contributed by atoms with Crippen LogP contribution in [-0.4, -0.2) is 60.0 Å². The predicted molar refractivity (Wildman–Crippen MR) is 78.2 cm³/mol. The van der Waals surface area contributed by atoms with Gasteiger partial charge >= 0.3 is 0 Å². The Bertz CT molecular complexity index is 531. The van der Waals surface area contributed by atoms with Gasteiger partial charge in [-0.05, 0) is 19.3 Å². The molecule has 1 aromatic heterocycles. The molecule has 1 aliphatic carbocycles. The number of fused-ring (bicyclic) bond motifs is 1. The quantitative estimate of drug-likeness (QED) is 0.787. The summed E-state index contributed by atoms with van der Waals surface area (Å²) in [6, 6.07) is 0.109. The molecule has 7 nitrogen and oxygen atoms in total. The van der Waals surface area contributed by atoms with E-state index in [-0.39, 0.29) is 24.7 Å². The number of aromatic nitrogens is 1. The van der Waals surface area contributed by atoms with Crippen molar-refractivity contribution in [1.82, 2.24) is 15.4 Å². The highest BCUT2D eigenvalue weighted by Gasteiger charge is 2.28. The van der Waals surface area contributed by atoms with Crippen LogP contribution in [0.2, 0.25) is 0 Å². The van der Waals surface area contributed by atoms with Crippen LogP contribution in [0, 0.1) is 0 Å². The lowest BCUT2D eigenvalue weighted by atomic mass is 9.92. The van der Waals surface area contributed by atoms with Gasteiger partial charge in [0.25, 0.3) is 0 Å². The van der Waals surface area contributed by atoms with Gasteiger partial charge in [0.1, 0.15) is 18.1 Å². The van der Waals surface area contributed by atoms with E-state index >= 15 is 0 Å². The van der Waals surface area contributed by atoms with E-state index in [1.54, 1.807) is 0 Å². The lowest BCUT2D eigenvalue weighted by Gasteiger charge is -2.23. The second-order valence-corrected chi connectivity index (χ2v) is 6.15. The van der Waals surface area contributed by atoms with Gasteiger partial charge in [0.15, 0.2) is 0 Å². The van der Waals surface area contributed by atoms with E-state index in [1.807, 2.05) is 0 Å². The molecule has 1 aromatic rings. The first-order valence-electron chi connectivity index (χ1n) is 7.80. The van der Waals surface area contributed by atoms with E-state index in [0.717, 1.165) is 49.2 Å². The third-order valence-corrected chi connectivity index (χ3v) is 4.38. The highest BCUT2D eigenvalue weighted by Crippen LogP contribution is 2.26. The third-order valence-electron chi connectivity index (χ3n) is 4.38. The van der Waals surface area contributed by atoms with Crippen molar-refractivity contribution in [2.24, 2.45) is 0 Å². The first kappa shape index (κ1) is 15.5. The van der Waals surface area contributed by atoms with Gasteiger partial charge in [-0.1, -0.05) is 5.16 Å². The molecule has 1 amide bonds. The van der Waals surface area contributed by atoms with Gasteiger partial charge < -0.3 is 19.7 Å². The van der Waals surface area contributed by atoms with Crippen molar-refractivity contribution in [2.45, 2.75) is 44.4 Å². The second kappa shape index (κ2) is 6.76. The molecule has 2 heterocycles. The summed E-state index contributed by atoms with van der Waals surface area (Å²) in [6.07, 6.45) is 2.99. The van der Waals surface area contributed by atoms with Crippen LogP contribution < -0.4 is 5.32 Å². The predicted octanol–water partition coefficient (Wildman–Crippen LogP) is -0.139.